The van der Waals surface area contributed by atoms with Gasteiger partial charge >= 0.3 is 0 Å². The quantitative estimate of drug-likeness (QED) is 0.855. The summed E-state index contributed by atoms with van der Waals surface area (Å²) in [6, 6.07) is 4.28. The van der Waals surface area contributed by atoms with Gasteiger partial charge in [0.15, 0.2) is 0 Å². The molecule has 1 aliphatic rings. The molecule has 5 nitrogen and oxygen atoms in total. The number of nitrogens with zero attached hydrogens (tertiary/aromatic N) is 4. The van der Waals surface area contributed by atoms with Crippen molar-refractivity contribution in [3.63, 3.8) is 0 Å². The highest BCUT2D eigenvalue weighted by Gasteiger charge is 2.25. The molecule has 0 saturated carbocycles. The van der Waals surface area contributed by atoms with Gasteiger partial charge in [-0.05, 0) is 23.8 Å². The Hall–Kier alpha value is -1.66. The van der Waals surface area contributed by atoms with Crippen LogP contribution in [0.25, 0.3) is 0 Å². The van der Waals surface area contributed by atoms with E-state index < -0.39 is 0 Å². The lowest BCUT2D eigenvalue weighted by atomic mass is 10.1. The topological polar surface area (TPSA) is 41.4 Å². The molecule has 0 aliphatic carbocycles. The standard InChI is InChI=1S/C18H26N4OS/c1-14(2)17-16(13-20(3)19-17)18(23)22-8-5-7-21(9-10-22)12-15-6-4-11-24-15/h4,6,11,13-14H,5,7-10,12H2,1-3H3. The van der Waals surface area contributed by atoms with Gasteiger partial charge in [0.1, 0.15) is 0 Å². The van der Waals surface area contributed by atoms with Gasteiger partial charge < -0.3 is 4.90 Å². The predicted octanol–water partition coefficient (Wildman–Crippen LogP) is 2.95. The molecule has 2 aromatic rings. The predicted molar refractivity (Wildman–Crippen MR) is 97.4 cm³/mol. The summed E-state index contributed by atoms with van der Waals surface area (Å²) >= 11 is 1.80. The molecule has 0 atom stereocenters. The van der Waals surface area contributed by atoms with E-state index in [1.807, 2.05) is 18.1 Å². The average Bonchev–Trinajstić information content (AvgIpc) is 3.12. The largest absolute Gasteiger partial charge is 0.337 e. The van der Waals surface area contributed by atoms with Crippen molar-refractivity contribution in [2.45, 2.75) is 32.7 Å². The minimum absolute atomic E-state index is 0.129. The number of aromatic nitrogens is 2. The summed E-state index contributed by atoms with van der Waals surface area (Å²) in [7, 11) is 1.88. The lowest BCUT2D eigenvalue weighted by Gasteiger charge is -2.22. The van der Waals surface area contributed by atoms with E-state index in [4.69, 9.17) is 0 Å². The summed E-state index contributed by atoms with van der Waals surface area (Å²) < 4.78 is 1.75. The number of carbonyl (C=O) groups is 1. The number of hydrogen-bond acceptors (Lipinski definition) is 4. The van der Waals surface area contributed by atoms with Crippen molar-refractivity contribution in [3.8, 4) is 0 Å². The maximum absolute atomic E-state index is 13.0. The Balaban J connectivity index is 1.66. The number of amides is 1. The second-order valence-electron chi connectivity index (χ2n) is 6.76. The van der Waals surface area contributed by atoms with Gasteiger partial charge in [-0.25, -0.2) is 0 Å². The van der Waals surface area contributed by atoms with Crippen LogP contribution in [0.5, 0.6) is 0 Å². The van der Waals surface area contributed by atoms with Gasteiger partial charge in [0, 0.05) is 50.8 Å². The summed E-state index contributed by atoms with van der Waals surface area (Å²) in [4.78, 5) is 18.8. The van der Waals surface area contributed by atoms with E-state index in [1.54, 1.807) is 16.0 Å². The molecule has 1 aliphatic heterocycles. The molecule has 0 bridgehead atoms. The Kier molecular flexibility index (Phi) is 5.36. The highest BCUT2D eigenvalue weighted by Crippen LogP contribution is 2.20. The van der Waals surface area contributed by atoms with Crippen LogP contribution in [0.15, 0.2) is 23.7 Å². The summed E-state index contributed by atoms with van der Waals surface area (Å²) in [5, 5.41) is 6.60. The van der Waals surface area contributed by atoms with Crippen molar-refractivity contribution >= 4 is 17.2 Å². The van der Waals surface area contributed by atoms with Crippen molar-refractivity contribution < 1.29 is 4.79 Å². The molecule has 0 N–H and O–H groups in total. The van der Waals surface area contributed by atoms with E-state index >= 15 is 0 Å². The SMILES string of the molecule is CC(C)c1nn(C)cc1C(=O)N1CCCN(Cc2cccs2)CC1. The summed E-state index contributed by atoms with van der Waals surface area (Å²) in [6.07, 6.45) is 2.89. The molecule has 1 saturated heterocycles. The first kappa shape index (κ1) is 17.2. The Morgan fingerprint density at radius 2 is 2.12 bits per heavy atom. The molecule has 2 aromatic heterocycles. The van der Waals surface area contributed by atoms with Gasteiger partial charge in [-0.3, -0.25) is 14.4 Å². The van der Waals surface area contributed by atoms with Crippen LogP contribution in [0.3, 0.4) is 0 Å². The minimum atomic E-state index is 0.129. The van der Waals surface area contributed by atoms with Gasteiger partial charge in [-0.1, -0.05) is 19.9 Å². The van der Waals surface area contributed by atoms with E-state index in [1.165, 1.54) is 4.88 Å². The van der Waals surface area contributed by atoms with Crippen LogP contribution in [0.2, 0.25) is 0 Å². The van der Waals surface area contributed by atoms with Crippen LogP contribution >= 0.6 is 11.3 Å². The van der Waals surface area contributed by atoms with E-state index in [0.29, 0.717) is 0 Å². The molecule has 1 fully saturated rings. The smallest absolute Gasteiger partial charge is 0.257 e. The van der Waals surface area contributed by atoms with Gasteiger partial charge in [0.05, 0.1) is 11.3 Å². The molecular formula is C18H26N4OS. The molecule has 130 valence electrons. The highest BCUT2D eigenvalue weighted by molar-refractivity contribution is 7.09. The van der Waals surface area contributed by atoms with Crippen LogP contribution in [-0.2, 0) is 13.6 Å². The zero-order valence-corrected chi connectivity index (χ0v) is 15.6. The van der Waals surface area contributed by atoms with E-state index in [9.17, 15) is 4.79 Å². The normalized spacial score (nSPS) is 16.6. The molecule has 0 aromatic carbocycles. The molecule has 24 heavy (non-hydrogen) atoms. The van der Waals surface area contributed by atoms with Crippen molar-refractivity contribution in [3.05, 3.63) is 39.8 Å². The number of carbonyl (C=O) groups excluding carboxylic acids is 1. The maximum atomic E-state index is 13.0. The third-order valence-corrected chi connectivity index (χ3v) is 5.33. The Morgan fingerprint density at radius 3 is 2.83 bits per heavy atom. The van der Waals surface area contributed by atoms with Gasteiger partial charge in [0.2, 0.25) is 0 Å². The Morgan fingerprint density at radius 1 is 1.29 bits per heavy atom. The molecule has 3 rings (SSSR count). The lowest BCUT2D eigenvalue weighted by molar-refractivity contribution is 0.0759. The van der Waals surface area contributed by atoms with Gasteiger partial charge in [-0.15, -0.1) is 11.3 Å². The van der Waals surface area contributed by atoms with Crippen LogP contribution in [0.1, 0.15) is 47.1 Å². The molecular weight excluding hydrogens is 320 g/mol. The zero-order chi connectivity index (χ0) is 17.1. The first-order valence-corrected chi connectivity index (χ1v) is 9.50. The third-order valence-electron chi connectivity index (χ3n) is 4.47. The first-order chi connectivity index (χ1) is 11.5. The molecule has 3 heterocycles. The van der Waals surface area contributed by atoms with Crippen molar-refractivity contribution in [1.82, 2.24) is 19.6 Å². The van der Waals surface area contributed by atoms with Crippen LogP contribution in [0, 0.1) is 0 Å². The van der Waals surface area contributed by atoms with E-state index in [-0.39, 0.29) is 11.8 Å². The second kappa shape index (κ2) is 7.49. The number of hydrogen-bond donors (Lipinski definition) is 0. The highest BCUT2D eigenvalue weighted by atomic mass is 32.1. The number of thiophene rings is 1. The third kappa shape index (κ3) is 3.87. The molecule has 0 spiro atoms. The van der Waals surface area contributed by atoms with Gasteiger partial charge in [-0.2, -0.15) is 5.10 Å². The fourth-order valence-electron chi connectivity index (χ4n) is 3.22. The summed E-state index contributed by atoms with van der Waals surface area (Å²) in [5.74, 6) is 0.386. The average molecular weight is 347 g/mol. The van der Waals surface area contributed by atoms with E-state index in [2.05, 4.69) is 41.4 Å². The fourth-order valence-corrected chi connectivity index (χ4v) is 3.97. The monoisotopic (exact) mass is 346 g/mol. The molecule has 1 amide bonds. The summed E-state index contributed by atoms with van der Waals surface area (Å²) in [6.45, 7) is 8.76. The Labute approximate surface area is 147 Å². The summed E-state index contributed by atoms with van der Waals surface area (Å²) in [5.41, 5.74) is 1.67. The fraction of sp³-hybridized carbons (Fsp3) is 0.556. The number of rotatable bonds is 4. The van der Waals surface area contributed by atoms with Crippen LogP contribution in [0.4, 0.5) is 0 Å². The van der Waals surface area contributed by atoms with Gasteiger partial charge in [0.25, 0.3) is 5.91 Å². The van der Waals surface area contributed by atoms with Crippen LogP contribution in [-0.4, -0.2) is 51.7 Å². The lowest BCUT2D eigenvalue weighted by Crippen LogP contribution is -2.35. The van der Waals surface area contributed by atoms with Crippen molar-refractivity contribution in [2.75, 3.05) is 26.2 Å². The minimum Gasteiger partial charge on any atom is -0.337 e. The Bertz CT molecular complexity index is 677. The van der Waals surface area contributed by atoms with Crippen molar-refractivity contribution in [2.24, 2.45) is 7.05 Å². The maximum Gasteiger partial charge on any atom is 0.257 e. The van der Waals surface area contributed by atoms with Crippen LogP contribution < -0.4 is 0 Å². The van der Waals surface area contributed by atoms with E-state index in [0.717, 1.165) is 50.4 Å². The second-order valence-corrected chi connectivity index (χ2v) is 7.79. The number of aryl methyl sites for hydroxylation is 1. The first-order valence-electron chi connectivity index (χ1n) is 8.62. The molecule has 6 heteroatoms. The zero-order valence-electron chi connectivity index (χ0n) is 14.7. The molecule has 0 unspecified atom stereocenters. The van der Waals surface area contributed by atoms with Crippen molar-refractivity contribution in [1.29, 1.82) is 0 Å². The molecule has 0 radical (unpaired) electrons.